The Labute approximate surface area is 134 Å². The number of carbonyl (C=O) groups is 1. The number of nitrogens with one attached hydrogen (secondary N) is 1. The molecular weight excluding hydrogens is 300 g/mol. The predicted molar refractivity (Wildman–Crippen MR) is 87.2 cm³/mol. The van der Waals surface area contributed by atoms with Crippen LogP contribution in [0.25, 0.3) is 0 Å². The van der Waals surface area contributed by atoms with Gasteiger partial charge in [0, 0.05) is 24.4 Å². The quantitative estimate of drug-likeness (QED) is 0.938. The fraction of sp³-hybridized carbons (Fsp3) is 0.235. The Morgan fingerprint density at radius 2 is 1.91 bits per heavy atom. The highest BCUT2D eigenvalue weighted by Crippen LogP contribution is 2.33. The van der Waals surface area contributed by atoms with Gasteiger partial charge in [-0.2, -0.15) is 0 Å². The number of carbonyl (C=O) groups excluding carboxylic acids is 1. The number of hydrogen-bond acceptors (Lipinski definition) is 3. The van der Waals surface area contributed by atoms with Crippen molar-refractivity contribution in [2.24, 2.45) is 0 Å². The molecule has 2 aromatic rings. The second-order valence-corrected chi connectivity index (χ2v) is 5.57. The molecule has 0 aromatic heterocycles. The SMILES string of the molecule is COCCN1C(=O)c2ccccc2NC1c1ccc(Cl)cc1. The second kappa shape index (κ2) is 6.38. The number of benzene rings is 2. The van der Waals surface area contributed by atoms with E-state index in [-0.39, 0.29) is 12.1 Å². The molecule has 0 radical (unpaired) electrons. The van der Waals surface area contributed by atoms with Gasteiger partial charge < -0.3 is 15.0 Å². The molecule has 1 heterocycles. The zero-order chi connectivity index (χ0) is 15.5. The maximum Gasteiger partial charge on any atom is 0.257 e. The smallest absolute Gasteiger partial charge is 0.257 e. The molecule has 2 aromatic carbocycles. The average Bonchev–Trinajstić information content (AvgIpc) is 2.55. The van der Waals surface area contributed by atoms with Crippen molar-refractivity contribution in [3.8, 4) is 0 Å². The van der Waals surface area contributed by atoms with Crippen LogP contribution in [-0.4, -0.2) is 31.1 Å². The third-order valence-electron chi connectivity index (χ3n) is 3.74. The van der Waals surface area contributed by atoms with Crippen LogP contribution < -0.4 is 5.32 Å². The van der Waals surface area contributed by atoms with Gasteiger partial charge in [-0.3, -0.25) is 4.79 Å². The molecular formula is C17H17ClN2O2. The minimum atomic E-state index is -0.227. The van der Waals surface area contributed by atoms with Gasteiger partial charge in [-0.1, -0.05) is 35.9 Å². The third kappa shape index (κ3) is 2.80. The van der Waals surface area contributed by atoms with Crippen LogP contribution in [0.5, 0.6) is 0 Å². The van der Waals surface area contributed by atoms with Crippen LogP contribution in [0.15, 0.2) is 48.5 Å². The molecule has 1 amide bonds. The summed E-state index contributed by atoms with van der Waals surface area (Å²) in [5.74, 6) is 0.00588. The molecule has 1 atom stereocenters. The summed E-state index contributed by atoms with van der Waals surface area (Å²) < 4.78 is 5.14. The van der Waals surface area contributed by atoms with Crippen molar-refractivity contribution < 1.29 is 9.53 Å². The van der Waals surface area contributed by atoms with Crippen LogP contribution >= 0.6 is 11.6 Å². The highest BCUT2D eigenvalue weighted by molar-refractivity contribution is 6.30. The van der Waals surface area contributed by atoms with Gasteiger partial charge in [-0.05, 0) is 29.8 Å². The van der Waals surface area contributed by atoms with E-state index in [4.69, 9.17) is 16.3 Å². The summed E-state index contributed by atoms with van der Waals surface area (Å²) in [6, 6.07) is 15.1. The number of fused-ring (bicyclic) bond motifs is 1. The topological polar surface area (TPSA) is 41.6 Å². The van der Waals surface area contributed by atoms with Crippen molar-refractivity contribution in [3.63, 3.8) is 0 Å². The fourth-order valence-corrected chi connectivity index (χ4v) is 2.75. The third-order valence-corrected chi connectivity index (χ3v) is 4.00. The van der Waals surface area contributed by atoms with Gasteiger partial charge in [0.15, 0.2) is 0 Å². The van der Waals surface area contributed by atoms with Crippen molar-refractivity contribution in [2.75, 3.05) is 25.6 Å². The van der Waals surface area contributed by atoms with Gasteiger partial charge in [-0.15, -0.1) is 0 Å². The van der Waals surface area contributed by atoms with Crippen LogP contribution in [-0.2, 0) is 4.74 Å². The molecule has 22 heavy (non-hydrogen) atoms. The standard InChI is InChI=1S/C17H17ClN2O2/c1-22-11-10-20-16(12-6-8-13(18)9-7-12)19-15-5-3-2-4-14(15)17(20)21/h2-9,16,19H,10-11H2,1H3. The lowest BCUT2D eigenvalue weighted by Crippen LogP contribution is -2.44. The molecule has 4 nitrogen and oxygen atoms in total. The maximum absolute atomic E-state index is 12.8. The molecule has 0 bridgehead atoms. The van der Waals surface area contributed by atoms with Crippen LogP contribution in [0.2, 0.25) is 5.02 Å². The van der Waals surface area contributed by atoms with Crippen molar-refractivity contribution in [2.45, 2.75) is 6.17 Å². The van der Waals surface area contributed by atoms with Crippen molar-refractivity contribution >= 4 is 23.2 Å². The highest BCUT2D eigenvalue weighted by Gasteiger charge is 2.32. The predicted octanol–water partition coefficient (Wildman–Crippen LogP) is 3.55. The first-order chi connectivity index (χ1) is 10.7. The Bertz CT molecular complexity index is 673. The minimum Gasteiger partial charge on any atom is -0.383 e. The van der Waals surface area contributed by atoms with E-state index in [9.17, 15) is 4.79 Å². The lowest BCUT2D eigenvalue weighted by atomic mass is 10.0. The summed E-state index contributed by atoms with van der Waals surface area (Å²) in [6.45, 7) is 1.00. The number of hydrogen-bond donors (Lipinski definition) is 1. The molecule has 0 saturated carbocycles. The van der Waals surface area contributed by atoms with E-state index >= 15 is 0 Å². The summed E-state index contributed by atoms with van der Waals surface area (Å²) in [5.41, 5.74) is 2.52. The molecule has 1 N–H and O–H groups in total. The number of rotatable bonds is 4. The normalized spacial score (nSPS) is 17.1. The maximum atomic E-state index is 12.8. The van der Waals surface area contributed by atoms with E-state index in [1.807, 2.05) is 48.5 Å². The van der Waals surface area contributed by atoms with E-state index in [1.54, 1.807) is 12.0 Å². The molecule has 0 spiro atoms. The van der Waals surface area contributed by atoms with Gasteiger partial charge in [0.25, 0.3) is 5.91 Å². The largest absolute Gasteiger partial charge is 0.383 e. The monoisotopic (exact) mass is 316 g/mol. The van der Waals surface area contributed by atoms with Gasteiger partial charge >= 0.3 is 0 Å². The number of nitrogens with zero attached hydrogens (tertiary/aromatic N) is 1. The fourth-order valence-electron chi connectivity index (χ4n) is 2.62. The Kier molecular flexibility index (Phi) is 4.32. The molecule has 1 aliphatic heterocycles. The molecule has 1 aliphatic rings. The van der Waals surface area contributed by atoms with Gasteiger partial charge in [0.2, 0.25) is 0 Å². The van der Waals surface area contributed by atoms with Crippen LogP contribution in [0, 0.1) is 0 Å². The van der Waals surface area contributed by atoms with Crippen LogP contribution in [0.4, 0.5) is 5.69 Å². The van der Waals surface area contributed by atoms with E-state index in [1.165, 1.54) is 0 Å². The molecule has 0 aliphatic carbocycles. The number of amides is 1. The van der Waals surface area contributed by atoms with Crippen molar-refractivity contribution in [1.29, 1.82) is 0 Å². The zero-order valence-corrected chi connectivity index (χ0v) is 13.0. The van der Waals surface area contributed by atoms with Gasteiger partial charge in [0.1, 0.15) is 6.17 Å². The minimum absolute atomic E-state index is 0.00588. The van der Waals surface area contributed by atoms with Crippen molar-refractivity contribution in [3.05, 3.63) is 64.7 Å². The first kappa shape index (κ1) is 14.9. The molecule has 5 heteroatoms. The average molecular weight is 317 g/mol. The molecule has 0 saturated heterocycles. The van der Waals surface area contributed by atoms with Gasteiger partial charge in [-0.25, -0.2) is 0 Å². The molecule has 114 valence electrons. The van der Waals surface area contributed by atoms with Crippen LogP contribution in [0.3, 0.4) is 0 Å². The molecule has 0 fully saturated rings. The van der Waals surface area contributed by atoms with Crippen LogP contribution in [0.1, 0.15) is 22.1 Å². The Balaban J connectivity index is 1.99. The first-order valence-corrected chi connectivity index (χ1v) is 7.49. The lowest BCUT2D eigenvalue weighted by Gasteiger charge is -2.38. The highest BCUT2D eigenvalue weighted by atomic mass is 35.5. The first-order valence-electron chi connectivity index (χ1n) is 7.11. The van der Waals surface area contributed by atoms with Gasteiger partial charge in [0.05, 0.1) is 12.2 Å². The second-order valence-electron chi connectivity index (χ2n) is 5.14. The summed E-state index contributed by atoms with van der Waals surface area (Å²) in [4.78, 5) is 14.6. The van der Waals surface area contributed by atoms with Crippen molar-refractivity contribution in [1.82, 2.24) is 4.90 Å². The number of anilines is 1. The molecule has 1 unspecified atom stereocenters. The summed E-state index contributed by atoms with van der Waals surface area (Å²) in [7, 11) is 1.63. The Morgan fingerprint density at radius 3 is 2.64 bits per heavy atom. The number of para-hydroxylation sites is 1. The zero-order valence-electron chi connectivity index (χ0n) is 12.3. The van der Waals surface area contributed by atoms with E-state index in [2.05, 4.69) is 5.32 Å². The summed E-state index contributed by atoms with van der Waals surface area (Å²) in [6.07, 6.45) is -0.227. The van der Waals surface area contributed by atoms with E-state index in [0.29, 0.717) is 23.7 Å². The summed E-state index contributed by atoms with van der Waals surface area (Å²) in [5, 5.41) is 4.10. The van der Waals surface area contributed by atoms with E-state index < -0.39 is 0 Å². The van der Waals surface area contributed by atoms with E-state index in [0.717, 1.165) is 11.3 Å². The molecule has 3 rings (SSSR count). The Hall–Kier alpha value is -2.04. The lowest BCUT2D eigenvalue weighted by molar-refractivity contribution is 0.0609. The number of methoxy groups -OCH3 is 1. The number of halogens is 1. The Morgan fingerprint density at radius 1 is 1.18 bits per heavy atom. The summed E-state index contributed by atoms with van der Waals surface area (Å²) >= 11 is 5.96. The number of ether oxygens (including phenoxy) is 1.